The smallest absolute Gasteiger partial charge is 0.0526 e. The largest absolute Gasteiger partial charge is 0.313 e. The van der Waals surface area contributed by atoms with E-state index in [0.717, 1.165) is 31.1 Å². The molecule has 0 radical (unpaired) electrons. The summed E-state index contributed by atoms with van der Waals surface area (Å²) >= 11 is 0. The van der Waals surface area contributed by atoms with Crippen molar-refractivity contribution >= 4 is 10.8 Å². The highest BCUT2D eigenvalue weighted by Gasteiger charge is 2.36. The topological polar surface area (TPSA) is 29.1 Å². The Morgan fingerprint density at radius 3 is 2.53 bits per heavy atom. The summed E-state index contributed by atoms with van der Waals surface area (Å²) in [6, 6.07) is 0.469. The van der Waals surface area contributed by atoms with Crippen molar-refractivity contribution in [1.29, 1.82) is 0 Å². The molecule has 1 saturated carbocycles. The third-order valence-corrected chi connectivity index (χ3v) is 5.95. The summed E-state index contributed by atoms with van der Waals surface area (Å²) in [6.07, 6.45) is 4.69. The van der Waals surface area contributed by atoms with Crippen LogP contribution in [-0.4, -0.2) is 27.8 Å². The second-order valence-electron chi connectivity index (χ2n) is 5.62. The average Bonchev–Trinajstić information content (AvgIpc) is 2.25. The molecule has 0 amide bonds. The van der Waals surface area contributed by atoms with Gasteiger partial charge in [-0.05, 0) is 37.6 Å². The predicted molar refractivity (Wildman–Crippen MR) is 76.7 cm³/mol. The maximum Gasteiger partial charge on any atom is 0.0526 e. The highest BCUT2D eigenvalue weighted by atomic mass is 32.2. The van der Waals surface area contributed by atoms with Gasteiger partial charge in [0.25, 0.3) is 0 Å². The van der Waals surface area contributed by atoms with Crippen LogP contribution >= 0.6 is 0 Å². The second-order valence-corrected chi connectivity index (χ2v) is 7.34. The molecular formula is C14H29NOS. The van der Waals surface area contributed by atoms with Crippen molar-refractivity contribution in [3.63, 3.8) is 0 Å². The summed E-state index contributed by atoms with van der Waals surface area (Å²) in [5.74, 6) is 2.26. The maximum absolute atomic E-state index is 12.4. The standard InChI is InChI=1S/C14H29NOS/c1-5-7-8-17(16)14-12(4)9-11(3)10-13(14)15-6-2/h11-15H,5-10H2,1-4H3. The van der Waals surface area contributed by atoms with E-state index in [1.54, 1.807) is 0 Å². The molecule has 17 heavy (non-hydrogen) atoms. The zero-order valence-corrected chi connectivity index (χ0v) is 12.7. The van der Waals surface area contributed by atoms with Gasteiger partial charge in [-0.3, -0.25) is 4.21 Å². The molecule has 0 aromatic carbocycles. The second kappa shape index (κ2) is 7.52. The monoisotopic (exact) mass is 259 g/mol. The lowest BCUT2D eigenvalue weighted by Crippen LogP contribution is -2.50. The van der Waals surface area contributed by atoms with Crippen molar-refractivity contribution in [2.45, 2.75) is 64.7 Å². The minimum Gasteiger partial charge on any atom is -0.313 e. The molecule has 0 bridgehead atoms. The van der Waals surface area contributed by atoms with Gasteiger partial charge in [0.1, 0.15) is 0 Å². The van der Waals surface area contributed by atoms with Gasteiger partial charge in [0.2, 0.25) is 0 Å². The van der Waals surface area contributed by atoms with Crippen LogP contribution in [0.25, 0.3) is 0 Å². The fraction of sp³-hybridized carbons (Fsp3) is 1.00. The van der Waals surface area contributed by atoms with Gasteiger partial charge in [-0.25, -0.2) is 0 Å². The van der Waals surface area contributed by atoms with E-state index in [9.17, 15) is 4.21 Å². The van der Waals surface area contributed by atoms with Crippen molar-refractivity contribution in [3.05, 3.63) is 0 Å². The fourth-order valence-electron chi connectivity index (χ4n) is 3.16. The summed E-state index contributed by atoms with van der Waals surface area (Å²) in [4.78, 5) is 0. The van der Waals surface area contributed by atoms with E-state index in [-0.39, 0.29) is 0 Å². The van der Waals surface area contributed by atoms with E-state index < -0.39 is 10.8 Å². The van der Waals surface area contributed by atoms with Crippen LogP contribution in [0.1, 0.15) is 53.4 Å². The van der Waals surface area contributed by atoms with Crippen LogP contribution in [0.3, 0.4) is 0 Å². The van der Waals surface area contributed by atoms with Gasteiger partial charge >= 0.3 is 0 Å². The molecular weight excluding hydrogens is 230 g/mol. The molecule has 1 rings (SSSR count). The van der Waals surface area contributed by atoms with Crippen molar-refractivity contribution in [3.8, 4) is 0 Å². The first-order chi connectivity index (χ1) is 8.10. The Balaban J connectivity index is 2.65. The fourth-order valence-corrected chi connectivity index (χ4v) is 5.20. The van der Waals surface area contributed by atoms with Gasteiger partial charge in [-0.15, -0.1) is 0 Å². The van der Waals surface area contributed by atoms with E-state index >= 15 is 0 Å². The van der Waals surface area contributed by atoms with Gasteiger partial charge in [0.15, 0.2) is 0 Å². The van der Waals surface area contributed by atoms with Gasteiger partial charge in [-0.2, -0.15) is 0 Å². The van der Waals surface area contributed by atoms with Gasteiger partial charge in [0.05, 0.1) is 5.25 Å². The van der Waals surface area contributed by atoms with Crippen molar-refractivity contribution in [2.75, 3.05) is 12.3 Å². The van der Waals surface area contributed by atoms with E-state index in [2.05, 4.69) is 33.0 Å². The molecule has 1 aliphatic carbocycles. The lowest BCUT2D eigenvalue weighted by molar-refractivity contribution is 0.248. The molecule has 5 unspecified atom stereocenters. The lowest BCUT2D eigenvalue weighted by atomic mass is 9.80. The van der Waals surface area contributed by atoms with Gasteiger partial charge < -0.3 is 5.32 Å². The first kappa shape index (κ1) is 15.2. The minimum atomic E-state index is -0.645. The normalized spacial score (nSPS) is 35.8. The number of unbranched alkanes of at least 4 members (excludes halogenated alkanes) is 1. The Bertz CT molecular complexity index is 244. The van der Waals surface area contributed by atoms with E-state index in [0.29, 0.717) is 17.2 Å². The molecule has 0 aromatic heterocycles. The van der Waals surface area contributed by atoms with Crippen LogP contribution in [-0.2, 0) is 10.8 Å². The van der Waals surface area contributed by atoms with Crippen LogP contribution in [0.2, 0.25) is 0 Å². The third-order valence-electron chi connectivity index (χ3n) is 3.86. The molecule has 0 saturated heterocycles. The molecule has 1 N–H and O–H groups in total. The number of nitrogens with one attached hydrogen (secondary N) is 1. The molecule has 1 fully saturated rings. The Hall–Kier alpha value is 0.110. The minimum absolute atomic E-state index is 0.373. The van der Waals surface area contributed by atoms with Crippen LogP contribution in [0.5, 0.6) is 0 Å². The zero-order valence-electron chi connectivity index (χ0n) is 11.9. The highest BCUT2D eigenvalue weighted by Crippen LogP contribution is 2.32. The maximum atomic E-state index is 12.4. The van der Waals surface area contributed by atoms with Crippen LogP contribution in [0.4, 0.5) is 0 Å². The summed E-state index contributed by atoms with van der Waals surface area (Å²) in [7, 11) is -0.645. The van der Waals surface area contributed by atoms with Crippen LogP contribution < -0.4 is 5.32 Å². The molecule has 0 aromatic rings. The quantitative estimate of drug-likeness (QED) is 0.794. The summed E-state index contributed by atoms with van der Waals surface area (Å²) in [5.41, 5.74) is 0. The average molecular weight is 259 g/mol. The predicted octanol–water partition coefficient (Wildman–Crippen LogP) is 2.95. The Kier molecular flexibility index (Phi) is 6.71. The first-order valence-electron chi connectivity index (χ1n) is 7.20. The third kappa shape index (κ3) is 4.36. The number of rotatable bonds is 6. The van der Waals surface area contributed by atoms with Crippen molar-refractivity contribution in [2.24, 2.45) is 11.8 Å². The summed E-state index contributed by atoms with van der Waals surface area (Å²) in [6.45, 7) is 9.92. The van der Waals surface area contributed by atoms with Crippen molar-refractivity contribution in [1.82, 2.24) is 5.32 Å². The van der Waals surface area contributed by atoms with E-state index in [1.165, 1.54) is 12.8 Å². The molecule has 3 heteroatoms. The molecule has 0 spiro atoms. The first-order valence-corrected chi connectivity index (χ1v) is 8.58. The summed E-state index contributed by atoms with van der Waals surface area (Å²) < 4.78 is 12.4. The SMILES string of the molecule is CCCCS(=O)C1C(C)CC(C)CC1NCC. The van der Waals surface area contributed by atoms with Crippen LogP contribution in [0, 0.1) is 11.8 Å². The lowest BCUT2D eigenvalue weighted by Gasteiger charge is -2.39. The Labute approximate surface area is 109 Å². The zero-order chi connectivity index (χ0) is 12.8. The van der Waals surface area contributed by atoms with Crippen molar-refractivity contribution < 1.29 is 4.21 Å². The molecule has 0 aliphatic heterocycles. The number of hydrogen-bond donors (Lipinski definition) is 1. The molecule has 2 nitrogen and oxygen atoms in total. The van der Waals surface area contributed by atoms with Gasteiger partial charge in [-0.1, -0.05) is 34.1 Å². The Morgan fingerprint density at radius 1 is 1.24 bits per heavy atom. The highest BCUT2D eigenvalue weighted by molar-refractivity contribution is 7.85. The molecule has 5 atom stereocenters. The van der Waals surface area contributed by atoms with Gasteiger partial charge in [0, 0.05) is 22.6 Å². The molecule has 0 heterocycles. The molecule has 102 valence electrons. The van der Waals surface area contributed by atoms with E-state index in [1.807, 2.05) is 0 Å². The summed E-state index contributed by atoms with van der Waals surface area (Å²) in [5, 5.41) is 3.93. The van der Waals surface area contributed by atoms with Crippen LogP contribution in [0.15, 0.2) is 0 Å². The molecule has 1 aliphatic rings. The van der Waals surface area contributed by atoms with E-state index in [4.69, 9.17) is 0 Å². The Morgan fingerprint density at radius 2 is 1.94 bits per heavy atom. The number of hydrogen-bond acceptors (Lipinski definition) is 2.